The molecule has 5 nitrogen and oxygen atoms in total. The van der Waals surface area contributed by atoms with E-state index in [-0.39, 0.29) is 5.91 Å². The van der Waals surface area contributed by atoms with Crippen LogP contribution >= 0.6 is 0 Å². The van der Waals surface area contributed by atoms with E-state index in [1.54, 1.807) is 4.68 Å². The maximum absolute atomic E-state index is 12.9. The molecule has 1 fully saturated rings. The number of nitrogens with two attached hydrogens (primary N) is 1. The lowest BCUT2D eigenvalue weighted by Crippen LogP contribution is -2.40. The Hall–Kier alpha value is -1.36. The molecule has 1 aliphatic rings. The van der Waals surface area contributed by atoms with Crippen LogP contribution in [0.4, 0.5) is 0 Å². The van der Waals surface area contributed by atoms with Crippen molar-refractivity contribution in [2.75, 3.05) is 13.1 Å². The molecule has 20 heavy (non-hydrogen) atoms. The van der Waals surface area contributed by atoms with E-state index in [1.807, 2.05) is 25.8 Å². The Kier molecular flexibility index (Phi) is 4.81. The minimum atomic E-state index is 0.133. The summed E-state index contributed by atoms with van der Waals surface area (Å²) in [4.78, 5) is 15.0. The van der Waals surface area contributed by atoms with Gasteiger partial charge in [-0.15, -0.1) is 0 Å². The van der Waals surface area contributed by atoms with Gasteiger partial charge >= 0.3 is 0 Å². The average Bonchev–Trinajstić information content (AvgIpc) is 3.00. The smallest absolute Gasteiger partial charge is 0.257 e. The number of rotatable bonds is 5. The van der Waals surface area contributed by atoms with Crippen LogP contribution in [0.1, 0.15) is 53.8 Å². The predicted octanol–water partition coefficient (Wildman–Crippen LogP) is 1.77. The number of hydrogen-bond acceptors (Lipinski definition) is 3. The summed E-state index contributed by atoms with van der Waals surface area (Å²) in [6.07, 6.45) is 5.55. The summed E-state index contributed by atoms with van der Waals surface area (Å²) in [5.41, 5.74) is 8.17. The predicted molar refractivity (Wildman–Crippen MR) is 79.6 cm³/mol. The molecule has 0 aliphatic heterocycles. The molecule has 1 aliphatic carbocycles. The Morgan fingerprint density at radius 2 is 2.05 bits per heavy atom. The zero-order chi connectivity index (χ0) is 14.7. The second kappa shape index (κ2) is 6.39. The van der Waals surface area contributed by atoms with Crippen molar-refractivity contribution in [3.63, 3.8) is 0 Å². The molecular weight excluding hydrogens is 252 g/mol. The van der Waals surface area contributed by atoms with Crippen LogP contribution in [0.2, 0.25) is 0 Å². The highest BCUT2D eigenvalue weighted by molar-refractivity contribution is 5.96. The third kappa shape index (κ3) is 2.87. The van der Waals surface area contributed by atoms with Crippen molar-refractivity contribution in [1.29, 1.82) is 0 Å². The lowest BCUT2D eigenvalue weighted by molar-refractivity contribution is 0.0679. The minimum absolute atomic E-state index is 0.133. The van der Waals surface area contributed by atoms with Gasteiger partial charge in [-0.05, 0) is 39.7 Å². The molecule has 1 aromatic heterocycles. The molecule has 0 bridgehead atoms. The summed E-state index contributed by atoms with van der Waals surface area (Å²) < 4.78 is 1.79. The standard InChI is InChI=1S/C15H26N4O/c1-11-14(12(2)18(3)17-11)15(20)19(10-6-9-16)13-7-4-5-8-13/h13H,4-10,16H2,1-3H3. The van der Waals surface area contributed by atoms with Crippen LogP contribution in [0.15, 0.2) is 0 Å². The molecular formula is C15H26N4O. The molecule has 0 atom stereocenters. The van der Waals surface area contributed by atoms with Crippen molar-refractivity contribution >= 4 is 5.91 Å². The van der Waals surface area contributed by atoms with Crippen LogP contribution in [0, 0.1) is 13.8 Å². The molecule has 5 heteroatoms. The number of amides is 1. The Bertz CT molecular complexity index is 474. The van der Waals surface area contributed by atoms with Gasteiger partial charge in [-0.2, -0.15) is 5.10 Å². The van der Waals surface area contributed by atoms with Crippen molar-refractivity contribution in [3.8, 4) is 0 Å². The second-order valence-electron chi connectivity index (χ2n) is 5.75. The van der Waals surface area contributed by atoms with E-state index < -0.39 is 0 Å². The monoisotopic (exact) mass is 278 g/mol. The first-order chi connectivity index (χ1) is 9.56. The van der Waals surface area contributed by atoms with Gasteiger partial charge in [-0.1, -0.05) is 12.8 Å². The maximum Gasteiger partial charge on any atom is 0.257 e. The van der Waals surface area contributed by atoms with E-state index in [0.717, 1.165) is 42.8 Å². The molecule has 1 amide bonds. The maximum atomic E-state index is 12.9. The van der Waals surface area contributed by atoms with E-state index in [0.29, 0.717) is 12.6 Å². The molecule has 112 valence electrons. The highest BCUT2D eigenvalue weighted by Crippen LogP contribution is 2.26. The average molecular weight is 278 g/mol. The molecule has 1 heterocycles. The molecule has 0 radical (unpaired) electrons. The fraction of sp³-hybridized carbons (Fsp3) is 0.733. The van der Waals surface area contributed by atoms with Crippen LogP contribution in [-0.4, -0.2) is 39.7 Å². The van der Waals surface area contributed by atoms with Gasteiger partial charge in [-0.3, -0.25) is 9.48 Å². The van der Waals surface area contributed by atoms with Crippen molar-refractivity contribution in [2.45, 2.75) is 52.0 Å². The summed E-state index contributed by atoms with van der Waals surface area (Å²) in [6, 6.07) is 0.382. The fourth-order valence-corrected chi connectivity index (χ4v) is 3.15. The molecule has 1 saturated carbocycles. The number of aromatic nitrogens is 2. The molecule has 1 aromatic rings. The third-order valence-electron chi connectivity index (χ3n) is 4.35. The summed E-state index contributed by atoms with van der Waals surface area (Å²) in [6.45, 7) is 5.26. The van der Waals surface area contributed by atoms with Crippen molar-refractivity contribution in [1.82, 2.24) is 14.7 Å². The highest BCUT2D eigenvalue weighted by atomic mass is 16.2. The first kappa shape index (κ1) is 15.0. The topological polar surface area (TPSA) is 64.2 Å². The van der Waals surface area contributed by atoms with Crippen LogP contribution in [-0.2, 0) is 7.05 Å². The van der Waals surface area contributed by atoms with Gasteiger partial charge in [-0.25, -0.2) is 0 Å². The largest absolute Gasteiger partial charge is 0.336 e. The molecule has 0 spiro atoms. The molecule has 2 N–H and O–H groups in total. The van der Waals surface area contributed by atoms with Gasteiger partial charge < -0.3 is 10.6 Å². The number of aryl methyl sites for hydroxylation is 2. The number of carbonyl (C=O) groups is 1. The first-order valence-electron chi connectivity index (χ1n) is 7.57. The van der Waals surface area contributed by atoms with Crippen molar-refractivity contribution < 1.29 is 4.79 Å². The second-order valence-corrected chi connectivity index (χ2v) is 5.75. The van der Waals surface area contributed by atoms with Crippen molar-refractivity contribution in [3.05, 3.63) is 17.0 Å². The van der Waals surface area contributed by atoms with Gasteiger partial charge in [0, 0.05) is 25.3 Å². The SMILES string of the molecule is Cc1nn(C)c(C)c1C(=O)N(CCCN)C1CCCC1. The molecule has 0 aromatic carbocycles. The van der Waals surface area contributed by atoms with E-state index >= 15 is 0 Å². The van der Waals surface area contributed by atoms with E-state index in [9.17, 15) is 4.79 Å². The van der Waals surface area contributed by atoms with E-state index in [2.05, 4.69) is 5.10 Å². The van der Waals surface area contributed by atoms with Gasteiger partial charge in [0.25, 0.3) is 5.91 Å². The van der Waals surface area contributed by atoms with Crippen molar-refractivity contribution in [2.24, 2.45) is 12.8 Å². The number of hydrogen-bond donors (Lipinski definition) is 1. The third-order valence-corrected chi connectivity index (χ3v) is 4.35. The zero-order valence-electron chi connectivity index (χ0n) is 12.9. The van der Waals surface area contributed by atoms with Gasteiger partial charge in [0.2, 0.25) is 0 Å². The normalized spacial score (nSPS) is 15.8. The molecule has 0 saturated heterocycles. The fourth-order valence-electron chi connectivity index (χ4n) is 3.15. The molecule has 0 unspecified atom stereocenters. The van der Waals surface area contributed by atoms with Gasteiger partial charge in [0.15, 0.2) is 0 Å². The highest BCUT2D eigenvalue weighted by Gasteiger charge is 2.29. The van der Waals surface area contributed by atoms with Crippen LogP contribution in [0.5, 0.6) is 0 Å². The lowest BCUT2D eigenvalue weighted by atomic mass is 10.1. The summed E-state index contributed by atoms with van der Waals surface area (Å²) in [5, 5.41) is 4.37. The minimum Gasteiger partial charge on any atom is -0.336 e. The quantitative estimate of drug-likeness (QED) is 0.892. The summed E-state index contributed by atoms with van der Waals surface area (Å²) >= 11 is 0. The Morgan fingerprint density at radius 3 is 2.55 bits per heavy atom. The van der Waals surface area contributed by atoms with E-state index in [4.69, 9.17) is 5.73 Å². The lowest BCUT2D eigenvalue weighted by Gasteiger charge is -2.29. The Morgan fingerprint density at radius 1 is 1.40 bits per heavy atom. The van der Waals surface area contributed by atoms with Crippen LogP contribution in [0.25, 0.3) is 0 Å². The van der Waals surface area contributed by atoms with Gasteiger partial charge in [0.1, 0.15) is 0 Å². The number of nitrogens with zero attached hydrogens (tertiary/aromatic N) is 3. The number of carbonyl (C=O) groups excluding carboxylic acids is 1. The molecule has 2 rings (SSSR count). The summed E-state index contributed by atoms with van der Waals surface area (Å²) in [7, 11) is 1.89. The van der Waals surface area contributed by atoms with E-state index in [1.165, 1.54) is 12.8 Å². The van der Waals surface area contributed by atoms with Gasteiger partial charge in [0.05, 0.1) is 11.3 Å². The first-order valence-corrected chi connectivity index (χ1v) is 7.57. The van der Waals surface area contributed by atoms with Crippen LogP contribution in [0.3, 0.4) is 0 Å². The summed E-state index contributed by atoms with van der Waals surface area (Å²) in [5.74, 6) is 0.133. The Balaban J connectivity index is 2.24. The van der Waals surface area contributed by atoms with Crippen LogP contribution < -0.4 is 5.73 Å². The Labute approximate surface area is 121 Å². The zero-order valence-corrected chi connectivity index (χ0v) is 12.9.